The van der Waals surface area contributed by atoms with E-state index in [1.54, 1.807) is 17.3 Å². The normalized spacial score (nSPS) is 12.0. The number of nitrogens with one attached hydrogen (secondary N) is 2. The molecule has 12 nitrogen and oxygen atoms in total. The largest absolute Gasteiger partial charge is 0.331 e. The van der Waals surface area contributed by atoms with E-state index in [9.17, 15) is 14.4 Å². The van der Waals surface area contributed by atoms with Gasteiger partial charge in [0, 0.05) is 41.9 Å². The molecule has 43 heavy (non-hydrogen) atoms. The van der Waals surface area contributed by atoms with Crippen LogP contribution < -0.4 is 5.32 Å². The van der Waals surface area contributed by atoms with Gasteiger partial charge in [0.2, 0.25) is 11.7 Å². The topological polar surface area (TPSA) is 151 Å². The van der Waals surface area contributed by atoms with Gasteiger partial charge in [0.25, 0.3) is 5.91 Å². The zero-order valence-corrected chi connectivity index (χ0v) is 24.7. The van der Waals surface area contributed by atoms with Gasteiger partial charge in [0.1, 0.15) is 12.1 Å². The number of anilines is 1. The van der Waals surface area contributed by atoms with Crippen molar-refractivity contribution in [2.75, 3.05) is 5.32 Å². The molecule has 5 rings (SSSR count). The lowest BCUT2D eigenvalue weighted by molar-refractivity contribution is -0.114. The summed E-state index contributed by atoms with van der Waals surface area (Å²) in [5, 5.41) is 14.9. The molecule has 5 aromatic rings. The number of H-pyrrole nitrogens is 1. The molecule has 4 heterocycles. The third kappa shape index (κ3) is 6.03. The van der Waals surface area contributed by atoms with Gasteiger partial charge >= 0.3 is 0 Å². The van der Waals surface area contributed by atoms with Crippen LogP contribution in [-0.4, -0.2) is 69.3 Å². The quantitative estimate of drug-likeness (QED) is 0.228. The summed E-state index contributed by atoms with van der Waals surface area (Å²) < 4.78 is 1.49. The number of carbonyl (C=O) groups is 3. The molecule has 0 spiro atoms. The number of pyridine rings is 1. The molecule has 4 aromatic heterocycles. The first-order chi connectivity index (χ1) is 20.7. The van der Waals surface area contributed by atoms with E-state index < -0.39 is 0 Å². The zero-order chi connectivity index (χ0) is 30.7. The standard InChI is InChI=1S/C31H33N9O3/c1-18(2)39(31(43)28-33-17-34-38-28)19(3)11-13-26-27(20(4)41)30(36-21(5)42)40-29(37-26)24(16-35-40)23-12-14-25(32-15-23)22-9-7-6-8-10-22/h6-10,12,14-19H,11,13H2,1-5H3,(H,36,42)(H,33,34,38)/t19-/m1/s1. The van der Waals surface area contributed by atoms with Gasteiger partial charge < -0.3 is 15.2 Å². The molecular weight excluding hydrogens is 546 g/mol. The number of hydrogen-bond acceptors (Lipinski definition) is 8. The average molecular weight is 580 g/mol. The summed E-state index contributed by atoms with van der Waals surface area (Å²) in [6.07, 6.45) is 5.64. The first-order valence-corrected chi connectivity index (χ1v) is 14.0. The Balaban J connectivity index is 1.54. The van der Waals surface area contributed by atoms with Gasteiger partial charge in [-0.15, -0.1) is 10.2 Å². The van der Waals surface area contributed by atoms with E-state index in [4.69, 9.17) is 4.98 Å². The number of amides is 2. The summed E-state index contributed by atoms with van der Waals surface area (Å²) in [5.74, 6) is -0.452. The molecule has 0 saturated heterocycles. The number of benzene rings is 1. The maximum Gasteiger partial charge on any atom is 0.292 e. The Bertz CT molecular complexity index is 1760. The molecule has 0 aliphatic rings. The molecule has 0 unspecified atom stereocenters. The molecule has 0 aliphatic heterocycles. The van der Waals surface area contributed by atoms with E-state index in [2.05, 4.69) is 30.6 Å². The van der Waals surface area contributed by atoms with Crippen LogP contribution in [0.1, 0.15) is 67.7 Å². The summed E-state index contributed by atoms with van der Waals surface area (Å²) in [5.41, 5.74) is 4.57. The van der Waals surface area contributed by atoms with Crippen molar-refractivity contribution in [3.8, 4) is 22.4 Å². The SMILES string of the molecule is CC(=O)Nc1c(C(C)=O)c(CC[C@@H](C)N(C(=O)c2nnc[nH]2)C(C)C)nc2c(-c3ccc(-c4ccccc4)nc3)cnn12. The predicted molar refractivity (Wildman–Crippen MR) is 161 cm³/mol. The van der Waals surface area contributed by atoms with Gasteiger partial charge in [-0.25, -0.2) is 4.98 Å². The molecule has 2 amide bonds. The van der Waals surface area contributed by atoms with Gasteiger partial charge in [0.15, 0.2) is 11.4 Å². The number of aromatic nitrogens is 7. The summed E-state index contributed by atoms with van der Waals surface area (Å²) in [7, 11) is 0. The van der Waals surface area contributed by atoms with Crippen molar-refractivity contribution in [2.45, 2.75) is 59.5 Å². The molecule has 1 aromatic carbocycles. The summed E-state index contributed by atoms with van der Waals surface area (Å²) >= 11 is 0. The fraction of sp³-hybridized carbons (Fsp3) is 0.290. The monoisotopic (exact) mass is 579 g/mol. The number of Topliss-reactive ketones (excluding diaryl/α,β-unsaturated/α-hetero) is 1. The number of aryl methyl sites for hydroxylation is 1. The minimum absolute atomic E-state index is 0.113. The van der Waals surface area contributed by atoms with Crippen LogP contribution in [0.3, 0.4) is 0 Å². The van der Waals surface area contributed by atoms with Crippen LogP contribution in [0.15, 0.2) is 61.2 Å². The highest BCUT2D eigenvalue weighted by atomic mass is 16.2. The second-order valence-electron chi connectivity index (χ2n) is 10.6. The van der Waals surface area contributed by atoms with Crippen molar-refractivity contribution >= 4 is 29.1 Å². The molecule has 2 N–H and O–H groups in total. The Hall–Kier alpha value is -5.26. The van der Waals surface area contributed by atoms with Gasteiger partial charge in [-0.2, -0.15) is 9.61 Å². The number of ketones is 1. The fourth-order valence-electron chi connectivity index (χ4n) is 5.27. The molecule has 12 heteroatoms. The third-order valence-electron chi connectivity index (χ3n) is 7.20. The molecule has 0 saturated carbocycles. The highest BCUT2D eigenvalue weighted by Gasteiger charge is 2.28. The van der Waals surface area contributed by atoms with Crippen LogP contribution in [0, 0.1) is 0 Å². The Kier molecular flexibility index (Phi) is 8.37. The average Bonchev–Trinajstić information content (AvgIpc) is 3.67. The molecule has 220 valence electrons. The summed E-state index contributed by atoms with van der Waals surface area (Å²) in [6, 6.07) is 13.4. The van der Waals surface area contributed by atoms with Gasteiger partial charge in [-0.3, -0.25) is 19.4 Å². The number of aromatic amines is 1. The number of carbonyl (C=O) groups excluding carboxylic acids is 3. The van der Waals surface area contributed by atoms with Crippen molar-refractivity contribution in [2.24, 2.45) is 0 Å². The molecule has 0 fully saturated rings. The van der Waals surface area contributed by atoms with Crippen molar-refractivity contribution in [1.29, 1.82) is 0 Å². The van der Waals surface area contributed by atoms with Crippen molar-refractivity contribution in [3.63, 3.8) is 0 Å². The molecule has 1 atom stereocenters. The van der Waals surface area contributed by atoms with Gasteiger partial charge in [-0.05, 0) is 46.6 Å². The second-order valence-corrected chi connectivity index (χ2v) is 10.6. The minimum atomic E-state index is -0.344. The Morgan fingerprint density at radius 2 is 1.77 bits per heavy atom. The van der Waals surface area contributed by atoms with Crippen LogP contribution in [0.2, 0.25) is 0 Å². The molecule has 0 aliphatic carbocycles. The van der Waals surface area contributed by atoms with Crippen molar-refractivity contribution in [1.82, 2.24) is 39.7 Å². The second kappa shape index (κ2) is 12.3. The van der Waals surface area contributed by atoms with Crippen LogP contribution in [-0.2, 0) is 11.2 Å². The minimum Gasteiger partial charge on any atom is -0.331 e. The zero-order valence-electron chi connectivity index (χ0n) is 24.7. The van der Waals surface area contributed by atoms with Crippen LogP contribution in [0.5, 0.6) is 0 Å². The number of hydrogen-bond donors (Lipinski definition) is 2. The fourth-order valence-corrected chi connectivity index (χ4v) is 5.27. The number of fused-ring (bicyclic) bond motifs is 1. The molecule has 0 bridgehead atoms. The van der Waals surface area contributed by atoms with E-state index >= 15 is 0 Å². The lowest BCUT2D eigenvalue weighted by Gasteiger charge is -2.32. The lowest BCUT2D eigenvalue weighted by Crippen LogP contribution is -2.44. The van der Waals surface area contributed by atoms with E-state index in [1.807, 2.05) is 63.2 Å². The van der Waals surface area contributed by atoms with E-state index in [-0.39, 0.29) is 46.9 Å². The van der Waals surface area contributed by atoms with Crippen molar-refractivity contribution < 1.29 is 14.4 Å². The highest BCUT2D eigenvalue weighted by Crippen LogP contribution is 2.30. The first-order valence-electron chi connectivity index (χ1n) is 14.0. The summed E-state index contributed by atoms with van der Waals surface area (Å²) in [6.45, 7) is 8.62. The van der Waals surface area contributed by atoms with E-state index in [0.717, 1.165) is 16.8 Å². The Morgan fingerprint density at radius 1 is 1.00 bits per heavy atom. The third-order valence-corrected chi connectivity index (χ3v) is 7.20. The van der Waals surface area contributed by atoms with Crippen LogP contribution in [0.25, 0.3) is 28.0 Å². The van der Waals surface area contributed by atoms with Crippen LogP contribution in [0.4, 0.5) is 5.82 Å². The number of nitrogens with zero attached hydrogens (tertiary/aromatic N) is 7. The summed E-state index contributed by atoms with van der Waals surface area (Å²) in [4.78, 5) is 52.5. The van der Waals surface area contributed by atoms with Gasteiger partial charge in [0.05, 0.1) is 23.1 Å². The Morgan fingerprint density at radius 3 is 2.37 bits per heavy atom. The maximum absolute atomic E-state index is 13.2. The molecule has 0 radical (unpaired) electrons. The number of rotatable bonds is 10. The molecular formula is C31H33N9O3. The van der Waals surface area contributed by atoms with Crippen molar-refractivity contribution in [3.05, 3.63) is 78.3 Å². The maximum atomic E-state index is 13.2. The van der Waals surface area contributed by atoms with E-state index in [0.29, 0.717) is 29.7 Å². The Labute approximate surface area is 248 Å². The van der Waals surface area contributed by atoms with Crippen LogP contribution >= 0.6 is 0 Å². The lowest BCUT2D eigenvalue weighted by atomic mass is 10.0. The first kappa shape index (κ1) is 29.2. The predicted octanol–water partition coefficient (Wildman–Crippen LogP) is 4.61. The van der Waals surface area contributed by atoms with Gasteiger partial charge in [-0.1, -0.05) is 36.4 Å². The highest BCUT2D eigenvalue weighted by molar-refractivity contribution is 6.04. The van der Waals surface area contributed by atoms with E-state index in [1.165, 1.54) is 24.7 Å². The smallest absolute Gasteiger partial charge is 0.292 e.